The second-order valence-electron chi connectivity index (χ2n) is 6.92. The van der Waals surface area contributed by atoms with Crippen molar-refractivity contribution < 1.29 is 9.13 Å². The number of nitrogens with zero attached hydrogens (tertiary/aromatic N) is 5. The van der Waals surface area contributed by atoms with Crippen molar-refractivity contribution in [2.75, 3.05) is 25.1 Å². The third-order valence-corrected chi connectivity index (χ3v) is 5.06. The molecule has 0 radical (unpaired) electrons. The molecule has 1 aliphatic rings. The number of methoxy groups -OCH3 is 1. The summed E-state index contributed by atoms with van der Waals surface area (Å²) in [6, 6.07) is 10.8. The van der Waals surface area contributed by atoms with Gasteiger partial charge in [0.05, 0.1) is 42.0 Å². The fraction of sp³-hybridized carbons (Fsp3) is 0.350. The van der Waals surface area contributed by atoms with E-state index >= 15 is 0 Å². The number of halogens is 1. The molecular weight excluding hydrogens is 359 g/mol. The Morgan fingerprint density at radius 3 is 2.89 bits per heavy atom. The summed E-state index contributed by atoms with van der Waals surface area (Å²) >= 11 is 0. The fourth-order valence-electron chi connectivity index (χ4n) is 3.50. The maximum Gasteiger partial charge on any atom is 0.206 e. The molecule has 2 atom stereocenters. The maximum atomic E-state index is 13.9. The van der Waals surface area contributed by atoms with Gasteiger partial charge < -0.3 is 19.9 Å². The Hall–Kier alpha value is -3.18. The number of fused-ring (bicyclic) bond motifs is 1. The molecular formula is C20H21FN6O. The van der Waals surface area contributed by atoms with Crippen molar-refractivity contribution in [2.24, 2.45) is 5.73 Å². The van der Waals surface area contributed by atoms with E-state index in [1.54, 1.807) is 19.4 Å². The minimum absolute atomic E-state index is 0.378. The molecule has 3 heterocycles. The van der Waals surface area contributed by atoms with E-state index in [1.807, 2.05) is 29.2 Å². The summed E-state index contributed by atoms with van der Waals surface area (Å²) in [5.41, 5.74) is 9.00. The van der Waals surface area contributed by atoms with Crippen LogP contribution in [-0.2, 0) is 6.54 Å². The van der Waals surface area contributed by atoms with E-state index in [0.717, 1.165) is 28.4 Å². The summed E-state index contributed by atoms with van der Waals surface area (Å²) < 4.78 is 21.2. The summed E-state index contributed by atoms with van der Waals surface area (Å²) in [5.74, 6) is 1.45. The summed E-state index contributed by atoms with van der Waals surface area (Å²) in [7, 11) is 1.62. The Bertz CT molecular complexity index is 1030. The van der Waals surface area contributed by atoms with Crippen molar-refractivity contribution in [3.63, 3.8) is 0 Å². The van der Waals surface area contributed by atoms with Crippen LogP contribution < -0.4 is 15.4 Å². The molecule has 7 nitrogen and oxygen atoms in total. The van der Waals surface area contributed by atoms with Crippen LogP contribution in [0.1, 0.15) is 17.7 Å². The Kier molecular flexibility index (Phi) is 4.84. The highest BCUT2D eigenvalue weighted by Gasteiger charge is 2.29. The van der Waals surface area contributed by atoms with Gasteiger partial charge in [-0.25, -0.2) is 9.37 Å². The van der Waals surface area contributed by atoms with E-state index in [2.05, 4.69) is 15.6 Å². The molecule has 2 N–H and O–H groups in total. The van der Waals surface area contributed by atoms with Gasteiger partial charge in [0.1, 0.15) is 18.0 Å². The molecule has 0 aliphatic carbocycles. The van der Waals surface area contributed by atoms with Gasteiger partial charge in [-0.05, 0) is 30.7 Å². The number of imidazole rings is 1. The van der Waals surface area contributed by atoms with Crippen LogP contribution in [0.3, 0.4) is 0 Å². The first-order valence-corrected chi connectivity index (χ1v) is 9.13. The maximum absolute atomic E-state index is 13.9. The Balaban J connectivity index is 1.76. The molecule has 8 heteroatoms. The van der Waals surface area contributed by atoms with Gasteiger partial charge in [0, 0.05) is 25.4 Å². The number of benzene rings is 1. The molecule has 4 rings (SSSR count). The van der Waals surface area contributed by atoms with Crippen LogP contribution in [-0.4, -0.2) is 46.9 Å². The lowest BCUT2D eigenvalue weighted by molar-refractivity contribution is 0.243. The zero-order valence-corrected chi connectivity index (χ0v) is 15.5. The van der Waals surface area contributed by atoms with Gasteiger partial charge in [0.2, 0.25) is 5.95 Å². The number of aromatic nitrogens is 3. The van der Waals surface area contributed by atoms with Crippen LogP contribution in [0, 0.1) is 11.3 Å². The number of hydrogen-bond donors (Lipinski definition) is 1. The highest BCUT2D eigenvalue weighted by Crippen LogP contribution is 2.29. The van der Waals surface area contributed by atoms with E-state index in [1.165, 1.54) is 0 Å². The van der Waals surface area contributed by atoms with E-state index in [0.29, 0.717) is 31.6 Å². The second kappa shape index (κ2) is 7.44. The van der Waals surface area contributed by atoms with Gasteiger partial charge in [-0.1, -0.05) is 0 Å². The van der Waals surface area contributed by atoms with Crippen LogP contribution in [0.25, 0.3) is 11.0 Å². The molecule has 28 heavy (non-hydrogen) atoms. The molecule has 3 aromatic rings. The smallest absolute Gasteiger partial charge is 0.206 e. The molecule has 1 aliphatic heterocycles. The highest BCUT2D eigenvalue weighted by atomic mass is 19.1. The zero-order chi connectivity index (χ0) is 19.7. The van der Waals surface area contributed by atoms with Gasteiger partial charge in [0.25, 0.3) is 0 Å². The van der Waals surface area contributed by atoms with E-state index < -0.39 is 12.2 Å². The lowest BCUT2D eigenvalue weighted by Crippen LogP contribution is -2.50. The first kappa shape index (κ1) is 18.2. The number of ether oxygens (including phenoxy) is 1. The number of nitriles is 1. The van der Waals surface area contributed by atoms with E-state index in [9.17, 15) is 4.39 Å². The van der Waals surface area contributed by atoms with Crippen molar-refractivity contribution in [3.8, 4) is 11.8 Å². The Labute approximate surface area is 162 Å². The van der Waals surface area contributed by atoms with Gasteiger partial charge >= 0.3 is 0 Å². The molecule has 2 aromatic heterocycles. The number of hydrogen-bond acceptors (Lipinski definition) is 6. The van der Waals surface area contributed by atoms with Crippen molar-refractivity contribution in [2.45, 2.75) is 25.2 Å². The van der Waals surface area contributed by atoms with Crippen LogP contribution in [0.5, 0.6) is 5.75 Å². The van der Waals surface area contributed by atoms with E-state index in [4.69, 9.17) is 20.7 Å². The van der Waals surface area contributed by atoms with Crippen LogP contribution >= 0.6 is 0 Å². The monoisotopic (exact) mass is 380 g/mol. The average Bonchev–Trinajstić information content (AvgIpc) is 3.08. The highest BCUT2D eigenvalue weighted by molar-refractivity contribution is 5.80. The number of alkyl halides is 1. The van der Waals surface area contributed by atoms with E-state index in [-0.39, 0.29) is 0 Å². The number of pyridine rings is 1. The molecule has 0 amide bonds. The average molecular weight is 380 g/mol. The summed E-state index contributed by atoms with van der Waals surface area (Å²) in [6.45, 7) is 1.44. The minimum Gasteiger partial charge on any atom is -0.497 e. The first-order valence-electron chi connectivity index (χ1n) is 9.13. The summed E-state index contributed by atoms with van der Waals surface area (Å²) in [6.07, 6.45) is 0.944. The van der Waals surface area contributed by atoms with Gasteiger partial charge in [-0.2, -0.15) is 5.26 Å². The van der Waals surface area contributed by atoms with Crippen molar-refractivity contribution in [1.29, 1.82) is 5.26 Å². The second-order valence-corrected chi connectivity index (χ2v) is 6.92. The van der Waals surface area contributed by atoms with Crippen molar-refractivity contribution in [3.05, 3.63) is 47.8 Å². The van der Waals surface area contributed by atoms with Gasteiger partial charge in [-0.3, -0.25) is 4.98 Å². The molecule has 1 saturated heterocycles. The molecule has 0 spiro atoms. The normalized spacial score (nSPS) is 19.6. The minimum atomic E-state index is -0.991. The number of nitrogens with two attached hydrogens (primary N) is 1. The van der Waals surface area contributed by atoms with Gasteiger partial charge in [0.15, 0.2) is 0 Å². The summed E-state index contributed by atoms with van der Waals surface area (Å²) in [4.78, 5) is 11.2. The van der Waals surface area contributed by atoms with Crippen LogP contribution in [0.2, 0.25) is 0 Å². The number of piperidine rings is 1. The third-order valence-electron chi connectivity index (χ3n) is 5.06. The topological polar surface area (TPSA) is 93.0 Å². The van der Waals surface area contributed by atoms with Crippen molar-refractivity contribution >= 4 is 17.0 Å². The quantitative estimate of drug-likeness (QED) is 0.746. The van der Waals surface area contributed by atoms with Crippen LogP contribution in [0.4, 0.5) is 10.3 Å². The standard InChI is InChI=1S/C20H21FN6O/c1-28-15-4-5-19-18(8-15)25-20(26-7-6-16(21)17(23)12-26)27(19)11-14-3-2-13(9-22)10-24-14/h2-5,8,10,16-17H,6-7,11-12,23H2,1H3/t16-,17-/m1/s1. The lowest BCUT2D eigenvalue weighted by atomic mass is 10.1. The Morgan fingerprint density at radius 2 is 2.21 bits per heavy atom. The van der Waals surface area contributed by atoms with Crippen molar-refractivity contribution in [1.82, 2.24) is 14.5 Å². The van der Waals surface area contributed by atoms with Gasteiger partial charge in [-0.15, -0.1) is 0 Å². The van der Waals surface area contributed by atoms with Crippen LogP contribution in [0.15, 0.2) is 36.5 Å². The zero-order valence-electron chi connectivity index (χ0n) is 15.5. The lowest BCUT2D eigenvalue weighted by Gasteiger charge is -2.34. The first-order chi connectivity index (χ1) is 13.6. The third kappa shape index (κ3) is 3.37. The largest absolute Gasteiger partial charge is 0.497 e. The molecule has 1 fully saturated rings. The number of anilines is 1. The molecule has 0 unspecified atom stereocenters. The fourth-order valence-corrected chi connectivity index (χ4v) is 3.50. The predicted molar refractivity (Wildman–Crippen MR) is 104 cm³/mol. The predicted octanol–water partition coefficient (Wildman–Crippen LogP) is 2.24. The molecule has 144 valence electrons. The number of rotatable bonds is 4. The molecule has 0 bridgehead atoms. The Morgan fingerprint density at radius 1 is 1.36 bits per heavy atom. The summed E-state index contributed by atoms with van der Waals surface area (Å²) in [5, 5.41) is 8.97. The molecule has 1 aromatic carbocycles. The molecule has 0 saturated carbocycles. The SMILES string of the molecule is COc1ccc2c(c1)nc(N1CC[C@@H](F)[C@H](N)C1)n2Cc1ccc(C#N)cn1.